The van der Waals surface area contributed by atoms with E-state index >= 15 is 0 Å². The third-order valence-electron chi connectivity index (χ3n) is 14.5. The van der Waals surface area contributed by atoms with E-state index in [1.807, 2.05) is 0 Å². The Morgan fingerprint density at radius 2 is 0.824 bits per heavy atom. The van der Waals surface area contributed by atoms with E-state index in [0.29, 0.717) is 0 Å². The largest absolute Gasteiger partial charge is 0.310 e. The Morgan fingerprint density at radius 1 is 0.338 bits per heavy atom. The fourth-order valence-corrected chi connectivity index (χ4v) is 10.6. The van der Waals surface area contributed by atoms with Gasteiger partial charge in [-0.25, -0.2) is 0 Å². The number of hydrogen-bond acceptors (Lipinski definition) is 2. The molecule has 9 aromatic carbocycles. The summed E-state index contributed by atoms with van der Waals surface area (Å²) >= 11 is 0. The van der Waals surface area contributed by atoms with Crippen molar-refractivity contribution < 1.29 is 0 Å². The first-order chi connectivity index (χ1) is 36.7. The molecule has 3 aliphatic carbocycles. The van der Waals surface area contributed by atoms with E-state index in [4.69, 9.17) is 0 Å². The summed E-state index contributed by atoms with van der Waals surface area (Å²) < 4.78 is 0. The van der Waals surface area contributed by atoms with Crippen LogP contribution < -0.4 is 9.80 Å². The average Bonchev–Trinajstić information content (AvgIpc) is 3.50. The maximum Gasteiger partial charge on any atom is 0.0974 e. The standard InChI is InChI=1S/C72H56N2/c1-7-19-53(20-8-1)57-31-41-65(42-32-57)73(66-43-33-58(34-44-66)54-21-9-2-10-22-54)71-49-39-63(51-69(71)61-27-15-5-16-28-61)64-40-50-72(70(52-64)62-29-17-6-18-30-62)74(67-45-35-59(36-46-67)55-23-11-3-12-24-55)68-47-37-60(38-48-68)56-25-13-4-14-26-56/h1,3,5-9,11-13,15-17,19-29,31-35,37-45,47-52H,2,4,10,14,18,30H2. The van der Waals surface area contributed by atoms with Gasteiger partial charge < -0.3 is 9.80 Å². The number of benzene rings is 8. The molecule has 0 fully saturated rings. The van der Waals surface area contributed by atoms with Crippen LogP contribution in [0.25, 0.3) is 61.2 Å². The minimum atomic E-state index is 0.933. The van der Waals surface area contributed by atoms with E-state index in [-0.39, 0.29) is 0 Å². The molecule has 0 saturated heterocycles. The lowest BCUT2D eigenvalue weighted by atomic mass is 9.90. The molecule has 9 aromatic rings. The Kier molecular flexibility index (Phi) is 13.2. The highest BCUT2D eigenvalue weighted by molar-refractivity contribution is 5.94. The summed E-state index contributed by atoms with van der Waals surface area (Å²) in [5.74, 6) is 0. The lowest BCUT2D eigenvalue weighted by Crippen LogP contribution is -2.12. The van der Waals surface area contributed by atoms with Crippen LogP contribution >= 0.6 is 0 Å². The number of anilines is 6. The first kappa shape index (κ1) is 45.9. The van der Waals surface area contributed by atoms with Crippen LogP contribution in [0.3, 0.4) is 0 Å². The van der Waals surface area contributed by atoms with Crippen molar-refractivity contribution in [1.82, 2.24) is 0 Å². The second-order valence-electron chi connectivity index (χ2n) is 19.2. The van der Waals surface area contributed by atoms with Crippen molar-refractivity contribution in [3.8, 4) is 44.5 Å². The molecule has 0 heterocycles. The van der Waals surface area contributed by atoms with E-state index in [1.54, 1.807) is 0 Å². The molecule has 0 spiro atoms. The summed E-state index contributed by atoms with van der Waals surface area (Å²) in [6, 6.07) is 84.7. The number of allylic oxidation sites excluding steroid dienone is 12. The third-order valence-corrected chi connectivity index (χ3v) is 14.5. The van der Waals surface area contributed by atoms with E-state index in [9.17, 15) is 0 Å². The van der Waals surface area contributed by atoms with Crippen molar-refractivity contribution in [2.45, 2.75) is 38.5 Å². The van der Waals surface area contributed by atoms with Crippen LogP contribution in [0.15, 0.2) is 267 Å². The molecule has 0 bridgehead atoms. The van der Waals surface area contributed by atoms with E-state index in [1.165, 1.54) is 44.5 Å². The first-order valence-electron chi connectivity index (χ1n) is 26.1. The van der Waals surface area contributed by atoms with Gasteiger partial charge in [0.1, 0.15) is 0 Å². The van der Waals surface area contributed by atoms with Gasteiger partial charge >= 0.3 is 0 Å². The van der Waals surface area contributed by atoms with Crippen LogP contribution in [-0.2, 0) is 0 Å². The summed E-state index contributed by atoms with van der Waals surface area (Å²) in [7, 11) is 0. The fourth-order valence-electron chi connectivity index (χ4n) is 10.6. The minimum Gasteiger partial charge on any atom is -0.310 e. The first-order valence-corrected chi connectivity index (χ1v) is 26.1. The van der Waals surface area contributed by atoms with Gasteiger partial charge in [0.15, 0.2) is 0 Å². The maximum absolute atomic E-state index is 3.62. The molecule has 0 atom stereocenters. The molecular formula is C72H56N2. The van der Waals surface area contributed by atoms with Crippen LogP contribution in [-0.4, -0.2) is 0 Å². The Bertz CT molecular complexity index is 3590. The molecular weight excluding hydrogens is 893 g/mol. The van der Waals surface area contributed by atoms with Crippen LogP contribution in [0.1, 0.15) is 55.2 Å². The quantitative estimate of drug-likeness (QED) is 0.114. The molecule has 0 amide bonds. The monoisotopic (exact) mass is 948 g/mol. The molecule has 2 nitrogen and oxygen atoms in total. The number of hydrogen-bond donors (Lipinski definition) is 0. The molecule has 0 unspecified atom stereocenters. The van der Waals surface area contributed by atoms with E-state index < -0.39 is 0 Å². The highest BCUT2D eigenvalue weighted by Crippen LogP contribution is 2.46. The van der Waals surface area contributed by atoms with E-state index in [2.05, 4.69) is 289 Å². The summed E-state index contributed by atoms with van der Waals surface area (Å²) in [6.45, 7) is 0. The van der Waals surface area contributed by atoms with Gasteiger partial charge in [-0.05, 0) is 179 Å². The van der Waals surface area contributed by atoms with Gasteiger partial charge in [-0.2, -0.15) is 0 Å². The second kappa shape index (κ2) is 21.3. The van der Waals surface area contributed by atoms with Gasteiger partial charge in [-0.15, -0.1) is 0 Å². The number of rotatable bonds is 13. The zero-order valence-electron chi connectivity index (χ0n) is 41.5. The van der Waals surface area contributed by atoms with Crippen LogP contribution in [0.4, 0.5) is 34.1 Å². The lowest BCUT2D eigenvalue weighted by Gasteiger charge is -2.29. The van der Waals surface area contributed by atoms with Gasteiger partial charge in [0.25, 0.3) is 0 Å². The van der Waals surface area contributed by atoms with Crippen LogP contribution in [0, 0.1) is 12.1 Å². The number of nitrogens with zero attached hydrogens (tertiary/aromatic N) is 2. The average molecular weight is 949 g/mol. The highest BCUT2D eigenvalue weighted by Gasteiger charge is 2.23. The fraction of sp³-hybridized carbons (Fsp3) is 0.0833. The van der Waals surface area contributed by atoms with Gasteiger partial charge in [-0.1, -0.05) is 200 Å². The topological polar surface area (TPSA) is 6.48 Å². The van der Waals surface area contributed by atoms with Crippen molar-refractivity contribution in [1.29, 1.82) is 0 Å². The highest BCUT2D eigenvalue weighted by atomic mass is 15.1. The van der Waals surface area contributed by atoms with Crippen LogP contribution in [0.2, 0.25) is 0 Å². The predicted molar refractivity (Wildman–Crippen MR) is 314 cm³/mol. The normalized spacial score (nSPS) is 13.9. The molecule has 3 aliphatic rings. The Hall–Kier alpha value is -9.16. The summed E-state index contributed by atoms with van der Waals surface area (Å²) in [6.07, 6.45) is 26.8. The zero-order chi connectivity index (χ0) is 49.5. The van der Waals surface area contributed by atoms with Gasteiger partial charge in [0, 0.05) is 33.8 Å². The van der Waals surface area contributed by atoms with Gasteiger partial charge in [0.05, 0.1) is 17.1 Å². The van der Waals surface area contributed by atoms with Crippen molar-refractivity contribution in [3.05, 3.63) is 296 Å². The second-order valence-corrected chi connectivity index (χ2v) is 19.2. The minimum absolute atomic E-state index is 0.933. The summed E-state index contributed by atoms with van der Waals surface area (Å²) in [5.41, 5.74) is 23.1. The van der Waals surface area contributed by atoms with Crippen molar-refractivity contribution in [3.63, 3.8) is 0 Å². The Balaban J connectivity index is 0.990. The third kappa shape index (κ3) is 9.77. The predicted octanol–water partition coefficient (Wildman–Crippen LogP) is 20.1. The van der Waals surface area contributed by atoms with Crippen molar-refractivity contribution >= 4 is 50.8 Å². The van der Waals surface area contributed by atoms with Crippen LogP contribution in [0.5, 0.6) is 0 Å². The summed E-state index contributed by atoms with van der Waals surface area (Å²) in [4.78, 5) is 4.79. The molecule has 74 heavy (non-hydrogen) atoms. The smallest absolute Gasteiger partial charge is 0.0974 e. The summed E-state index contributed by atoms with van der Waals surface area (Å²) in [5, 5.41) is 0. The molecule has 0 saturated carbocycles. The van der Waals surface area contributed by atoms with Crippen molar-refractivity contribution in [2.75, 3.05) is 9.80 Å². The van der Waals surface area contributed by atoms with Gasteiger partial charge in [-0.3, -0.25) is 0 Å². The molecule has 354 valence electrons. The molecule has 0 radical (unpaired) electrons. The SMILES string of the molecule is c1c(-c2ccccc2)ccc(N(c2ccc(C3=CCCC=C3)cc2)c2ccc(-c3ccc(N(c4ccc(C5=CCCC=C5)cc4)c4ccc(-c5ccccc5)cc4)c(-c4ccccc4)c3)cc2C2=CC=CCC2)c#1. The van der Waals surface area contributed by atoms with Crippen molar-refractivity contribution in [2.24, 2.45) is 0 Å². The maximum atomic E-state index is 3.62. The molecule has 0 aliphatic heterocycles. The molecule has 2 heteroatoms. The van der Waals surface area contributed by atoms with E-state index in [0.717, 1.165) is 106 Å². The zero-order valence-corrected chi connectivity index (χ0v) is 41.5. The molecule has 0 aromatic heterocycles. The molecule has 12 rings (SSSR count). The Morgan fingerprint density at radius 3 is 1.34 bits per heavy atom. The van der Waals surface area contributed by atoms with Gasteiger partial charge in [0.2, 0.25) is 0 Å². The lowest BCUT2D eigenvalue weighted by molar-refractivity contribution is 1.04. The molecule has 0 N–H and O–H groups in total. The Labute approximate surface area is 437 Å².